The molecule has 6 nitrogen and oxygen atoms in total. The number of aromatic nitrogens is 1. The van der Waals surface area contributed by atoms with Crippen LogP contribution in [0.15, 0.2) is 48.7 Å². The Morgan fingerprint density at radius 2 is 1.79 bits per heavy atom. The van der Waals surface area contributed by atoms with Gasteiger partial charge in [0.15, 0.2) is 0 Å². The molecule has 1 atom stereocenters. The molecular weight excluding hydrogens is 306 g/mol. The zero-order chi connectivity index (χ0) is 16.9. The van der Waals surface area contributed by atoms with E-state index < -0.39 is 6.10 Å². The fourth-order valence-electron chi connectivity index (χ4n) is 2.86. The first-order valence-electron chi connectivity index (χ1n) is 8.04. The summed E-state index contributed by atoms with van der Waals surface area (Å²) in [4.78, 5) is 20.3. The summed E-state index contributed by atoms with van der Waals surface area (Å²) in [6.07, 6.45) is 0.737. The van der Waals surface area contributed by atoms with Crippen molar-refractivity contribution in [3.63, 3.8) is 0 Å². The predicted octanol–water partition coefficient (Wildman–Crippen LogP) is 1.04. The lowest BCUT2D eigenvalue weighted by molar-refractivity contribution is -0.140. The summed E-state index contributed by atoms with van der Waals surface area (Å²) in [5.41, 5.74) is 0.949. The van der Waals surface area contributed by atoms with E-state index in [4.69, 9.17) is 0 Å². The number of aliphatic hydroxyl groups is 1. The van der Waals surface area contributed by atoms with Gasteiger partial charge in [-0.1, -0.05) is 30.3 Å². The highest BCUT2D eigenvalue weighted by Gasteiger charge is 2.26. The molecular formula is C18H21N3O3. The number of hydrogen-bond donors (Lipinski definition) is 2. The van der Waals surface area contributed by atoms with Gasteiger partial charge in [0.1, 0.15) is 17.7 Å². The van der Waals surface area contributed by atoms with Gasteiger partial charge in [-0.15, -0.1) is 0 Å². The van der Waals surface area contributed by atoms with Crippen LogP contribution in [0.1, 0.15) is 5.56 Å². The van der Waals surface area contributed by atoms with Gasteiger partial charge in [0, 0.05) is 32.6 Å². The predicted molar refractivity (Wildman–Crippen MR) is 90.8 cm³/mol. The number of hydrogen-bond acceptors (Lipinski definition) is 5. The molecule has 2 aromatic rings. The molecule has 1 aliphatic rings. The Bertz CT molecular complexity index is 668. The van der Waals surface area contributed by atoms with Crippen molar-refractivity contribution in [2.75, 3.05) is 31.1 Å². The maximum atomic E-state index is 12.4. The number of aliphatic hydroxyl groups excluding tert-OH is 1. The Morgan fingerprint density at radius 1 is 1.08 bits per heavy atom. The van der Waals surface area contributed by atoms with Crippen LogP contribution in [-0.4, -0.2) is 58.3 Å². The van der Waals surface area contributed by atoms with Crippen LogP contribution in [0.2, 0.25) is 0 Å². The Hall–Kier alpha value is -2.60. The van der Waals surface area contributed by atoms with Crippen LogP contribution in [-0.2, 0) is 11.2 Å². The molecule has 1 fully saturated rings. The largest absolute Gasteiger partial charge is 0.506 e. The molecule has 2 heterocycles. The average Bonchev–Trinajstić information content (AvgIpc) is 2.63. The van der Waals surface area contributed by atoms with Crippen LogP contribution < -0.4 is 4.90 Å². The van der Waals surface area contributed by atoms with Gasteiger partial charge in [-0.25, -0.2) is 4.98 Å². The molecule has 0 radical (unpaired) electrons. The van der Waals surface area contributed by atoms with Crippen LogP contribution in [0, 0.1) is 0 Å². The molecule has 126 valence electrons. The minimum atomic E-state index is -1.01. The Labute approximate surface area is 141 Å². The van der Waals surface area contributed by atoms with Crippen LogP contribution >= 0.6 is 0 Å². The Kier molecular flexibility index (Phi) is 4.96. The SMILES string of the molecule is O=C(C(O)Cc1ccccc1)N1CCN(c2ccc(O)cn2)CC1. The number of carbonyl (C=O) groups excluding carboxylic acids is 1. The van der Waals surface area contributed by atoms with Gasteiger partial charge in [0.2, 0.25) is 0 Å². The van der Waals surface area contributed by atoms with Gasteiger partial charge in [0.05, 0.1) is 6.20 Å². The van der Waals surface area contributed by atoms with Crippen molar-refractivity contribution in [3.8, 4) is 5.75 Å². The molecule has 1 amide bonds. The minimum absolute atomic E-state index is 0.136. The number of carbonyl (C=O) groups is 1. The third-order valence-electron chi connectivity index (χ3n) is 4.20. The quantitative estimate of drug-likeness (QED) is 0.877. The number of pyridine rings is 1. The number of anilines is 1. The Balaban J connectivity index is 1.54. The highest BCUT2D eigenvalue weighted by atomic mass is 16.3. The third kappa shape index (κ3) is 3.83. The van der Waals surface area contributed by atoms with Crippen molar-refractivity contribution < 1.29 is 15.0 Å². The number of amides is 1. The summed E-state index contributed by atoms with van der Waals surface area (Å²) >= 11 is 0. The van der Waals surface area contributed by atoms with E-state index >= 15 is 0 Å². The first-order chi connectivity index (χ1) is 11.6. The van der Waals surface area contributed by atoms with E-state index in [1.165, 1.54) is 6.20 Å². The van der Waals surface area contributed by atoms with E-state index in [1.54, 1.807) is 17.0 Å². The lowest BCUT2D eigenvalue weighted by atomic mass is 10.1. The van der Waals surface area contributed by atoms with Gasteiger partial charge >= 0.3 is 0 Å². The van der Waals surface area contributed by atoms with E-state index in [-0.39, 0.29) is 11.7 Å². The first kappa shape index (κ1) is 16.3. The molecule has 0 spiro atoms. The number of rotatable bonds is 4. The van der Waals surface area contributed by atoms with Gasteiger partial charge in [-0.05, 0) is 17.7 Å². The fraction of sp³-hybridized carbons (Fsp3) is 0.333. The van der Waals surface area contributed by atoms with Crippen molar-refractivity contribution >= 4 is 11.7 Å². The smallest absolute Gasteiger partial charge is 0.251 e. The van der Waals surface area contributed by atoms with Crippen LogP contribution in [0.25, 0.3) is 0 Å². The molecule has 0 aliphatic carbocycles. The lowest BCUT2D eigenvalue weighted by Crippen LogP contribution is -2.52. The first-order valence-corrected chi connectivity index (χ1v) is 8.04. The fourth-order valence-corrected chi connectivity index (χ4v) is 2.86. The molecule has 1 saturated heterocycles. The van der Waals surface area contributed by atoms with E-state index in [0.717, 1.165) is 11.4 Å². The summed E-state index contributed by atoms with van der Waals surface area (Å²) < 4.78 is 0. The van der Waals surface area contributed by atoms with E-state index in [9.17, 15) is 15.0 Å². The number of aromatic hydroxyl groups is 1. The average molecular weight is 327 g/mol. The van der Waals surface area contributed by atoms with Crippen LogP contribution in [0.5, 0.6) is 5.75 Å². The van der Waals surface area contributed by atoms with E-state index in [0.29, 0.717) is 32.6 Å². The summed E-state index contributed by atoms with van der Waals surface area (Å²) in [7, 11) is 0. The minimum Gasteiger partial charge on any atom is -0.506 e. The molecule has 1 aromatic heterocycles. The molecule has 1 aromatic carbocycles. The number of nitrogens with zero attached hydrogens (tertiary/aromatic N) is 3. The normalized spacial score (nSPS) is 16.0. The number of benzene rings is 1. The van der Waals surface area contributed by atoms with Crippen molar-refractivity contribution in [3.05, 3.63) is 54.2 Å². The molecule has 3 rings (SSSR count). The maximum absolute atomic E-state index is 12.4. The second-order valence-corrected chi connectivity index (χ2v) is 5.89. The van der Waals surface area contributed by atoms with Gasteiger partial charge in [0.25, 0.3) is 5.91 Å². The van der Waals surface area contributed by atoms with Crippen molar-refractivity contribution in [1.82, 2.24) is 9.88 Å². The third-order valence-corrected chi connectivity index (χ3v) is 4.20. The summed E-state index contributed by atoms with van der Waals surface area (Å²) in [6.45, 7) is 2.41. The van der Waals surface area contributed by atoms with Gasteiger partial charge < -0.3 is 20.0 Å². The zero-order valence-corrected chi connectivity index (χ0v) is 13.4. The topological polar surface area (TPSA) is 76.9 Å². The van der Waals surface area contributed by atoms with E-state index in [1.807, 2.05) is 30.3 Å². The molecule has 0 bridgehead atoms. The molecule has 6 heteroatoms. The van der Waals surface area contributed by atoms with Crippen molar-refractivity contribution in [2.24, 2.45) is 0 Å². The van der Waals surface area contributed by atoms with Gasteiger partial charge in [-0.2, -0.15) is 0 Å². The van der Waals surface area contributed by atoms with Crippen LogP contribution in [0.4, 0.5) is 5.82 Å². The molecule has 2 N–H and O–H groups in total. The highest BCUT2D eigenvalue weighted by Crippen LogP contribution is 2.17. The second kappa shape index (κ2) is 7.31. The van der Waals surface area contributed by atoms with Crippen LogP contribution in [0.3, 0.4) is 0 Å². The molecule has 0 saturated carbocycles. The highest BCUT2D eigenvalue weighted by molar-refractivity contribution is 5.81. The maximum Gasteiger partial charge on any atom is 0.251 e. The summed E-state index contributed by atoms with van der Waals surface area (Å²) in [5.74, 6) is 0.693. The van der Waals surface area contributed by atoms with Gasteiger partial charge in [-0.3, -0.25) is 4.79 Å². The number of piperazine rings is 1. The standard InChI is InChI=1S/C18H21N3O3/c22-15-6-7-17(19-13-15)20-8-10-21(11-9-20)18(24)16(23)12-14-4-2-1-3-5-14/h1-7,13,16,22-23H,8-12H2. The van der Waals surface area contributed by atoms with Crippen molar-refractivity contribution in [2.45, 2.75) is 12.5 Å². The summed E-state index contributed by atoms with van der Waals surface area (Å²) in [6, 6.07) is 12.9. The monoisotopic (exact) mass is 327 g/mol. The Morgan fingerprint density at radius 3 is 2.42 bits per heavy atom. The molecule has 1 aliphatic heterocycles. The lowest BCUT2D eigenvalue weighted by Gasteiger charge is -2.36. The van der Waals surface area contributed by atoms with Crippen molar-refractivity contribution in [1.29, 1.82) is 0 Å². The summed E-state index contributed by atoms with van der Waals surface area (Å²) in [5, 5.41) is 19.5. The van der Waals surface area contributed by atoms with E-state index in [2.05, 4.69) is 9.88 Å². The zero-order valence-electron chi connectivity index (χ0n) is 13.4. The molecule has 1 unspecified atom stereocenters. The second-order valence-electron chi connectivity index (χ2n) is 5.89. The molecule has 24 heavy (non-hydrogen) atoms.